The topological polar surface area (TPSA) is 72.3 Å². The summed E-state index contributed by atoms with van der Waals surface area (Å²) in [6.07, 6.45) is 7.21. The molecular weight excluding hydrogens is 388 g/mol. The summed E-state index contributed by atoms with van der Waals surface area (Å²) in [6.45, 7) is 2.04. The van der Waals surface area contributed by atoms with Gasteiger partial charge in [0, 0.05) is 24.7 Å². The zero-order chi connectivity index (χ0) is 21.4. The highest BCUT2D eigenvalue weighted by Crippen LogP contribution is 2.27. The van der Waals surface area contributed by atoms with Gasteiger partial charge in [-0.15, -0.1) is 0 Å². The fourth-order valence-electron chi connectivity index (χ4n) is 4.00. The van der Waals surface area contributed by atoms with E-state index in [1.54, 1.807) is 19.5 Å². The predicted molar refractivity (Wildman–Crippen MR) is 122 cm³/mol. The normalized spacial score (nSPS) is 11.3. The summed E-state index contributed by atoms with van der Waals surface area (Å²) in [5.41, 5.74) is 6.04. The van der Waals surface area contributed by atoms with Crippen LogP contribution in [0, 0.1) is 6.92 Å². The number of ether oxygens (including phenoxy) is 1. The predicted octanol–water partition coefficient (Wildman–Crippen LogP) is 4.34. The minimum atomic E-state index is -0.160. The van der Waals surface area contributed by atoms with Crippen LogP contribution in [-0.2, 0) is 12.8 Å². The van der Waals surface area contributed by atoms with Gasteiger partial charge in [-0.25, -0.2) is 4.98 Å². The molecule has 4 heterocycles. The van der Waals surface area contributed by atoms with Crippen molar-refractivity contribution < 1.29 is 4.74 Å². The van der Waals surface area contributed by atoms with E-state index >= 15 is 0 Å². The van der Waals surface area contributed by atoms with E-state index in [9.17, 15) is 4.79 Å². The SMILES string of the molecule is COc1ccc2cc(-c3nc4c(C)cccn4c3CCc3ccncc3)c(=O)[nH]c2c1. The Morgan fingerprint density at radius 3 is 2.71 bits per heavy atom. The molecule has 1 N–H and O–H groups in total. The second-order valence-corrected chi connectivity index (χ2v) is 7.61. The van der Waals surface area contributed by atoms with Crippen molar-refractivity contribution in [1.29, 1.82) is 0 Å². The lowest BCUT2D eigenvalue weighted by Gasteiger charge is -2.07. The number of aromatic nitrogens is 4. The fraction of sp³-hybridized carbons (Fsp3) is 0.160. The third-order valence-electron chi connectivity index (χ3n) is 5.65. The molecular formula is C25H22N4O2. The minimum absolute atomic E-state index is 0.160. The minimum Gasteiger partial charge on any atom is -0.497 e. The van der Waals surface area contributed by atoms with Crippen molar-refractivity contribution in [2.75, 3.05) is 7.11 Å². The van der Waals surface area contributed by atoms with Crippen molar-refractivity contribution in [1.82, 2.24) is 19.4 Å². The Labute approximate surface area is 179 Å². The van der Waals surface area contributed by atoms with Gasteiger partial charge in [0.25, 0.3) is 5.56 Å². The number of methoxy groups -OCH3 is 1. The number of benzene rings is 1. The van der Waals surface area contributed by atoms with E-state index in [0.29, 0.717) is 11.3 Å². The van der Waals surface area contributed by atoms with E-state index in [1.165, 1.54) is 5.56 Å². The Morgan fingerprint density at radius 2 is 1.90 bits per heavy atom. The first-order valence-corrected chi connectivity index (χ1v) is 10.2. The lowest BCUT2D eigenvalue weighted by molar-refractivity contribution is 0.415. The zero-order valence-corrected chi connectivity index (χ0v) is 17.4. The summed E-state index contributed by atoms with van der Waals surface area (Å²) in [6, 6.07) is 15.7. The first-order chi connectivity index (χ1) is 15.1. The molecule has 4 aromatic heterocycles. The Hall–Kier alpha value is -3.93. The Bertz CT molecular complexity index is 1450. The Morgan fingerprint density at radius 1 is 1.06 bits per heavy atom. The number of nitrogens with one attached hydrogen (secondary N) is 1. The molecule has 0 amide bonds. The van der Waals surface area contributed by atoms with E-state index in [4.69, 9.17) is 9.72 Å². The number of pyridine rings is 3. The zero-order valence-electron chi connectivity index (χ0n) is 17.4. The van der Waals surface area contributed by atoms with Crippen molar-refractivity contribution in [3.05, 3.63) is 94.3 Å². The summed E-state index contributed by atoms with van der Waals surface area (Å²) in [7, 11) is 1.61. The van der Waals surface area contributed by atoms with E-state index in [0.717, 1.165) is 46.3 Å². The first-order valence-electron chi connectivity index (χ1n) is 10.2. The maximum Gasteiger partial charge on any atom is 0.257 e. The standard InChI is InChI=1S/C25H22N4O2/c1-16-4-3-13-29-22(8-5-17-9-11-26-12-10-17)23(28-24(16)29)20-14-18-6-7-19(31-2)15-21(18)27-25(20)30/h3-4,6-7,9-15H,5,8H2,1-2H3,(H,27,30). The average Bonchev–Trinajstić information content (AvgIpc) is 3.17. The number of aromatic amines is 1. The van der Waals surface area contributed by atoms with Crippen LogP contribution in [0.4, 0.5) is 0 Å². The van der Waals surface area contributed by atoms with Crippen LogP contribution in [0.25, 0.3) is 27.8 Å². The van der Waals surface area contributed by atoms with Gasteiger partial charge in [0.2, 0.25) is 0 Å². The van der Waals surface area contributed by atoms with E-state index in [-0.39, 0.29) is 5.56 Å². The molecule has 5 aromatic rings. The maximum atomic E-state index is 13.1. The third kappa shape index (κ3) is 3.46. The van der Waals surface area contributed by atoms with Crippen molar-refractivity contribution in [2.24, 2.45) is 0 Å². The molecule has 0 unspecified atom stereocenters. The van der Waals surface area contributed by atoms with Crippen LogP contribution >= 0.6 is 0 Å². The molecule has 0 aliphatic heterocycles. The number of hydrogen-bond acceptors (Lipinski definition) is 4. The molecule has 5 rings (SSSR count). The van der Waals surface area contributed by atoms with Crippen molar-refractivity contribution in [3.8, 4) is 17.0 Å². The summed E-state index contributed by atoms with van der Waals surface area (Å²) < 4.78 is 7.38. The summed E-state index contributed by atoms with van der Waals surface area (Å²) in [5, 5.41) is 0.935. The van der Waals surface area contributed by atoms with Crippen LogP contribution < -0.4 is 10.3 Å². The molecule has 6 nitrogen and oxygen atoms in total. The van der Waals surface area contributed by atoms with Gasteiger partial charge < -0.3 is 14.1 Å². The van der Waals surface area contributed by atoms with Crippen LogP contribution in [0.3, 0.4) is 0 Å². The lowest BCUT2D eigenvalue weighted by Crippen LogP contribution is -2.10. The quantitative estimate of drug-likeness (QED) is 0.468. The molecule has 31 heavy (non-hydrogen) atoms. The summed E-state index contributed by atoms with van der Waals surface area (Å²) in [5.74, 6) is 0.706. The molecule has 0 bridgehead atoms. The van der Waals surface area contributed by atoms with Crippen molar-refractivity contribution in [3.63, 3.8) is 0 Å². The molecule has 154 valence electrons. The third-order valence-corrected chi connectivity index (χ3v) is 5.65. The van der Waals surface area contributed by atoms with E-state index in [1.807, 2.05) is 61.7 Å². The number of imidazole rings is 1. The van der Waals surface area contributed by atoms with Crippen LogP contribution in [0.15, 0.2) is 71.9 Å². The molecule has 0 saturated heterocycles. The van der Waals surface area contributed by atoms with E-state index in [2.05, 4.69) is 14.4 Å². The highest BCUT2D eigenvalue weighted by atomic mass is 16.5. The van der Waals surface area contributed by atoms with Crippen LogP contribution in [-0.4, -0.2) is 26.5 Å². The number of fused-ring (bicyclic) bond motifs is 2. The number of hydrogen-bond donors (Lipinski definition) is 1. The number of rotatable bonds is 5. The number of aryl methyl sites for hydroxylation is 3. The molecule has 0 spiro atoms. The van der Waals surface area contributed by atoms with Crippen LogP contribution in [0.5, 0.6) is 5.75 Å². The Kier molecular flexibility index (Phi) is 4.75. The van der Waals surface area contributed by atoms with Crippen LogP contribution in [0.1, 0.15) is 16.8 Å². The second-order valence-electron chi connectivity index (χ2n) is 7.61. The summed E-state index contributed by atoms with van der Waals surface area (Å²) in [4.78, 5) is 25.1. The van der Waals surface area contributed by atoms with Gasteiger partial charge >= 0.3 is 0 Å². The molecule has 0 saturated carbocycles. The van der Waals surface area contributed by atoms with Gasteiger partial charge in [0.15, 0.2) is 0 Å². The molecule has 1 aromatic carbocycles. The number of nitrogens with zero attached hydrogens (tertiary/aromatic N) is 3. The maximum absolute atomic E-state index is 13.1. The average molecular weight is 410 g/mol. The molecule has 0 radical (unpaired) electrons. The van der Waals surface area contributed by atoms with Crippen LogP contribution in [0.2, 0.25) is 0 Å². The second kappa shape index (κ2) is 7.72. The molecule has 6 heteroatoms. The molecule has 0 aliphatic rings. The van der Waals surface area contributed by atoms with E-state index < -0.39 is 0 Å². The van der Waals surface area contributed by atoms with Gasteiger partial charge in [-0.3, -0.25) is 9.78 Å². The first kappa shape index (κ1) is 19.1. The van der Waals surface area contributed by atoms with Gasteiger partial charge in [-0.1, -0.05) is 6.07 Å². The smallest absolute Gasteiger partial charge is 0.257 e. The van der Waals surface area contributed by atoms with Crippen molar-refractivity contribution >= 4 is 16.6 Å². The monoisotopic (exact) mass is 410 g/mol. The van der Waals surface area contributed by atoms with Gasteiger partial charge in [0.1, 0.15) is 11.4 Å². The lowest BCUT2D eigenvalue weighted by atomic mass is 10.0. The van der Waals surface area contributed by atoms with Gasteiger partial charge in [-0.05, 0) is 72.7 Å². The molecule has 0 aliphatic carbocycles. The fourth-order valence-corrected chi connectivity index (χ4v) is 4.00. The van der Waals surface area contributed by atoms with Gasteiger partial charge in [-0.2, -0.15) is 0 Å². The largest absolute Gasteiger partial charge is 0.497 e. The Balaban J connectivity index is 1.68. The van der Waals surface area contributed by atoms with Gasteiger partial charge in [0.05, 0.1) is 29.6 Å². The highest BCUT2D eigenvalue weighted by Gasteiger charge is 2.18. The number of H-pyrrole nitrogens is 1. The highest BCUT2D eigenvalue weighted by molar-refractivity contribution is 5.84. The summed E-state index contributed by atoms with van der Waals surface area (Å²) >= 11 is 0. The molecule has 0 fully saturated rings. The van der Waals surface area contributed by atoms with Crippen molar-refractivity contribution in [2.45, 2.75) is 19.8 Å². The molecule has 0 atom stereocenters.